The number of aromatic amines is 1. The molecule has 0 aliphatic heterocycles. The van der Waals surface area contributed by atoms with Crippen LogP contribution in [0.2, 0.25) is 0 Å². The van der Waals surface area contributed by atoms with E-state index in [1.807, 2.05) is 30.3 Å². The topological polar surface area (TPSA) is 80.8 Å². The van der Waals surface area contributed by atoms with Crippen molar-refractivity contribution in [1.82, 2.24) is 20.2 Å². The van der Waals surface area contributed by atoms with Crippen molar-refractivity contribution in [1.29, 1.82) is 0 Å². The molecule has 0 radical (unpaired) electrons. The minimum absolute atomic E-state index is 0.322. The molecule has 1 aliphatic carbocycles. The van der Waals surface area contributed by atoms with Crippen LogP contribution in [0.15, 0.2) is 55.1 Å². The molecule has 0 bridgehead atoms. The zero-order valence-electron chi connectivity index (χ0n) is 14.3. The van der Waals surface area contributed by atoms with Gasteiger partial charge in [-0.25, -0.2) is 4.79 Å². The molecule has 0 unspecified atom stereocenters. The number of aromatic nitrogens is 4. The maximum absolute atomic E-state index is 12.1. The quantitative estimate of drug-likeness (QED) is 0.735. The van der Waals surface area contributed by atoms with Crippen LogP contribution in [0.1, 0.15) is 39.8 Å². The number of pyridine rings is 2. The van der Waals surface area contributed by atoms with Crippen molar-refractivity contribution < 1.29 is 9.53 Å². The summed E-state index contributed by atoms with van der Waals surface area (Å²) in [5.74, 6) is -0.407. The number of esters is 1. The van der Waals surface area contributed by atoms with Crippen LogP contribution < -0.4 is 0 Å². The number of nitrogens with zero attached hydrogens (tertiary/aromatic N) is 3. The van der Waals surface area contributed by atoms with E-state index in [-0.39, 0.29) is 5.41 Å². The summed E-state index contributed by atoms with van der Waals surface area (Å²) in [4.78, 5) is 20.4. The number of hydrogen-bond donors (Lipinski definition) is 1. The van der Waals surface area contributed by atoms with Gasteiger partial charge in [0.2, 0.25) is 0 Å². The molecule has 0 amide bonds. The average molecular weight is 346 g/mol. The number of ether oxygens (including phenoxy) is 1. The summed E-state index contributed by atoms with van der Waals surface area (Å²) in [6.07, 6.45) is 11.9. The Morgan fingerprint density at radius 2 is 1.73 bits per heavy atom. The van der Waals surface area contributed by atoms with Crippen molar-refractivity contribution in [3.05, 3.63) is 83.2 Å². The molecule has 6 heteroatoms. The Hall–Kier alpha value is -3.28. The van der Waals surface area contributed by atoms with Crippen LogP contribution in [-0.2, 0) is 16.6 Å². The summed E-state index contributed by atoms with van der Waals surface area (Å²) in [5, 5.41) is 7.22. The minimum Gasteiger partial charge on any atom is -0.461 e. The van der Waals surface area contributed by atoms with Crippen LogP contribution in [-0.4, -0.2) is 32.7 Å². The molecule has 0 saturated heterocycles. The molecule has 0 aromatic carbocycles. The predicted octanol–water partition coefficient (Wildman–Crippen LogP) is 2.93. The lowest BCUT2D eigenvalue weighted by Gasteiger charge is -2.34. The number of nitrogens with one attached hydrogen (secondary N) is 1. The van der Waals surface area contributed by atoms with Gasteiger partial charge in [0, 0.05) is 47.9 Å². The van der Waals surface area contributed by atoms with Crippen LogP contribution in [0, 0.1) is 0 Å². The van der Waals surface area contributed by atoms with Gasteiger partial charge in [-0.3, -0.25) is 15.1 Å². The molecule has 0 fully saturated rings. The first-order valence-electron chi connectivity index (χ1n) is 8.49. The Labute approximate surface area is 151 Å². The molecular weight excluding hydrogens is 328 g/mol. The Kier molecular flexibility index (Phi) is 4.08. The predicted molar refractivity (Wildman–Crippen MR) is 96.5 cm³/mol. The fourth-order valence-corrected chi connectivity index (χ4v) is 3.48. The molecule has 1 aliphatic rings. The Morgan fingerprint density at radius 1 is 1.12 bits per heavy atom. The number of rotatable bonds is 4. The van der Waals surface area contributed by atoms with E-state index in [1.54, 1.807) is 31.7 Å². The number of H-pyrrole nitrogens is 1. The fraction of sp³-hybridized carbons (Fsp3) is 0.200. The number of allylic oxidation sites excluding steroid dienone is 1. The number of carbonyl (C=O) groups is 1. The standard InChI is InChI=1S/C20H18N4O2/c1-2-26-19(25)18-16-3-8-20(13-17(16)23-24-18,14-4-9-21-10-5-14)15-6-11-22-12-7-15/h3-12H,2,13H2,1H3,(H,23,24). The lowest BCUT2D eigenvalue weighted by atomic mass is 9.69. The van der Waals surface area contributed by atoms with Crippen molar-refractivity contribution in [3.63, 3.8) is 0 Å². The molecule has 4 rings (SSSR count). The van der Waals surface area contributed by atoms with Crippen molar-refractivity contribution >= 4 is 12.0 Å². The molecule has 3 heterocycles. The lowest BCUT2D eigenvalue weighted by Crippen LogP contribution is -2.30. The fourth-order valence-electron chi connectivity index (χ4n) is 3.48. The smallest absolute Gasteiger partial charge is 0.359 e. The van der Waals surface area contributed by atoms with E-state index in [1.165, 1.54) is 0 Å². The zero-order valence-corrected chi connectivity index (χ0v) is 14.3. The van der Waals surface area contributed by atoms with Crippen LogP contribution in [0.3, 0.4) is 0 Å². The van der Waals surface area contributed by atoms with Crippen LogP contribution in [0.25, 0.3) is 6.08 Å². The van der Waals surface area contributed by atoms with Gasteiger partial charge in [0.05, 0.1) is 6.61 Å². The molecule has 0 saturated carbocycles. The zero-order chi connectivity index (χ0) is 18.0. The maximum Gasteiger partial charge on any atom is 0.359 e. The van der Waals surface area contributed by atoms with Gasteiger partial charge in [-0.15, -0.1) is 0 Å². The molecule has 0 spiro atoms. The SMILES string of the molecule is CCOC(=O)c1n[nH]c2c1C=CC(c1ccncc1)(c1ccncc1)C2. The highest BCUT2D eigenvalue weighted by atomic mass is 16.5. The van der Waals surface area contributed by atoms with E-state index in [0.717, 1.165) is 22.4 Å². The van der Waals surface area contributed by atoms with Crippen molar-refractivity contribution in [2.45, 2.75) is 18.8 Å². The van der Waals surface area contributed by atoms with Gasteiger partial charge < -0.3 is 4.74 Å². The minimum atomic E-state index is -0.407. The third-order valence-electron chi connectivity index (χ3n) is 4.73. The van der Waals surface area contributed by atoms with E-state index in [9.17, 15) is 4.79 Å². The third kappa shape index (κ3) is 2.60. The van der Waals surface area contributed by atoms with Crippen molar-refractivity contribution in [2.75, 3.05) is 6.61 Å². The number of fused-ring (bicyclic) bond motifs is 1. The van der Waals surface area contributed by atoms with E-state index < -0.39 is 5.97 Å². The summed E-state index contributed by atoms with van der Waals surface area (Å²) in [7, 11) is 0. The van der Waals surface area contributed by atoms with Gasteiger partial charge in [0.1, 0.15) is 0 Å². The first-order chi connectivity index (χ1) is 12.7. The lowest BCUT2D eigenvalue weighted by molar-refractivity contribution is 0.0519. The Morgan fingerprint density at radius 3 is 2.31 bits per heavy atom. The second kappa shape index (κ2) is 6.55. The molecule has 130 valence electrons. The average Bonchev–Trinajstić information content (AvgIpc) is 3.12. The van der Waals surface area contributed by atoms with E-state index >= 15 is 0 Å². The second-order valence-corrected chi connectivity index (χ2v) is 6.14. The first-order valence-corrected chi connectivity index (χ1v) is 8.49. The molecule has 3 aromatic rings. The first kappa shape index (κ1) is 16.2. The Balaban J connectivity index is 1.83. The molecular formula is C20H18N4O2. The summed E-state index contributed by atoms with van der Waals surface area (Å²) in [6, 6.07) is 8.05. The van der Waals surface area contributed by atoms with Crippen molar-refractivity contribution in [2.24, 2.45) is 0 Å². The number of hydrogen-bond acceptors (Lipinski definition) is 5. The summed E-state index contributed by atoms with van der Waals surface area (Å²) in [6.45, 7) is 2.10. The van der Waals surface area contributed by atoms with Gasteiger partial charge in [-0.05, 0) is 42.3 Å². The normalized spacial score (nSPS) is 14.7. The van der Waals surface area contributed by atoms with Gasteiger partial charge in [0.15, 0.2) is 5.69 Å². The monoisotopic (exact) mass is 346 g/mol. The van der Waals surface area contributed by atoms with Gasteiger partial charge in [-0.1, -0.05) is 12.2 Å². The molecule has 1 N–H and O–H groups in total. The van der Waals surface area contributed by atoms with Crippen LogP contribution in [0.4, 0.5) is 0 Å². The van der Waals surface area contributed by atoms with E-state index in [0.29, 0.717) is 18.7 Å². The Bertz CT molecular complexity index is 909. The van der Waals surface area contributed by atoms with E-state index in [2.05, 4.69) is 26.2 Å². The van der Waals surface area contributed by atoms with Gasteiger partial charge in [0.25, 0.3) is 0 Å². The largest absolute Gasteiger partial charge is 0.461 e. The summed E-state index contributed by atoms with van der Waals surface area (Å²) >= 11 is 0. The molecule has 0 atom stereocenters. The summed E-state index contributed by atoms with van der Waals surface area (Å²) < 4.78 is 5.10. The van der Waals surface area contributed by atoms with Gasteiger partial charge in [-0.2, -0.15) is 5.10 Å². The molecule has 26 heavy (non-hydrogen) atoms. The third-order valence-corrected chi connectivity index (χ3v) is 4.73. The van der Waals surface area contributed by atoms with E-state index in [4.69, 9.17) is 4.74 Å². The second-order valence-electron chi connectivity index (χ2n) is 6.14. The van der Waals surface area contributed by atoms with Crippen LogP contribution in [0.5, 0.6) is 0 Å². The highest BCUT2D eigenvalue weighted by molar-refractivity contribution is 5.92. The number of carbonyl (C=O) groups excluding carboxylic acids is 1. The summed E-state index contributed by atoms with van der Waals surface area (Å²) in [5.41, 5.74) is 3.89. The molecule has 6 nitrogen and oxygen atoms in total. The molecule has 3 aromatic heterocycles. The van der Waals surface area contributed by atoms with Gasteiger partial charge >= 0.3 is 5.97 Å². The maximum atomic E-state index is 12.1. The van der Waals surface area contributed by atoms with Crippen molar-refractivity contribution in [3.8, 4) is 0 Å². The van der Waals surface area contributed by atoms with Crippen LogP contribution >= 0.6 is 0 Å². The highest BCUT2D eigenvalue weighted by Crippen LogP contribution is 2.41. The highest BCUT2D eigenvalue weighted by Gasteiger charge is 2.37.